The lowest BCUT2D eigenvalue weighted by atomic mass is 10.0. The third-order valence-corrected chi connectivity index (χ3v) is 3.13. The number of ether oxygens (including phenoxy) is 3. The molecule has 0 aliphatic carbocycles. The van der Waals surface area contributed by atoms with Crippen LogP contribution in [0.3, 0.4) is 0 Å². The van der Waals surface area contributed by atoms with Crippen molar-refractivity contribution in [3.8, 4) is 0 Å². The van der Waals surface area contributed by atoms with Crippen molar-refractivity contribution in [3.63, 3.8) is 0 Å². The number of hydrogen-bond acceptors (Lipinski definition) is 4. The molecule has 4 heteroatoms. The molecule has 94 valence electrons. The van der Waals surface area contributed by atoms with E-state index in [1.165, 1.54) is 12.8 Å². The molecule has 1 N–H and O–H groups in total. The van der Waals surface area contributed by atoms with Gasteiger partial charge in [0.25, 0.3) is 0 Å². The van der Waals surface area contributed by atoms with Crippen molar-refractivity contribution in [2.75, 3.05) is 32.9 Å². The van der Waals surface area contributed by atoms with Crippen molar-refractivity contribution in [1.82, 2.24) is 5.32 Å². The van der Waals surface area contributed by atoms with Crippen molar-refractivity contribution in [2.24, 2.45) is 5.92 Å². The van der Waals surface area contributed by atoms with Crippen LogP contribution < -0.4 is 5.32 Å². The normalized spacial score (nSPS) is 34.1. The zero-order valence-corrected chi connectivity index (χ0v) is 10.3. The van der Waals surface area contributed by atoms with E-state index in [1.54, 1.807) is 0 Å². The van der Waals surface area contributed by atoms with Gasteiger partial charge in [-0.25, -0.2) is 0 Å². The Morgan fingerprint density at radius 1 is 1.25 bits per heavy atom. The fourth-order valence-corrected chi connectivity index (χ4v) is 2.28. The minimum absolute atomic E-state index is 0.194. The van der Waals surface area contributed by atoms with Crippen LogP contribution >= 0.6 is 0 Å². The third kappa shape index (κ3) is 3.70. The van der Waals surface area contributed by atoms with Gasteiger partial charge >= 0.3 is 0 Å². The number of hydrogen-bond donors (Lipinski definition) is 1. The van der Waals surface area contributed by atoms with Crippen LogP contribution in [0.1, 0.15) is 26.7 Å². The van der Waals surface area contributed by atoms with E-state index in [2.05, 4.69) is 5.32 Å². The number of rotatable bonds is 4. The Hall–Kier alpha value is -0.160. The Morgan fingerprint density at radius 2 is 2.12 bits per heavy atom. The summed E-state index contributed by atoms with van der Waals surface area (Å²) in [5, 5.41) is 3.45. The highest BCUT2D eigenvalue weighted by molar-refractivity contribution is 4.74. The Kier molecular flexibility index (Phi) is 4.19. The lowest BCUT2D eigenvalue weighted by Crippen LogP contribution is -2.35. The fraction of sp³-hybridized carbons (Fsp3) is 1.00. The molecule has 4 nitrogen and oxygen atoms in total. The van der Waals surface area contributed by atoms with Crippen LogP contribution in [0.25, 0.3) is 0 Å². The van der Waals surface area contributed by atoms with Crippen molar-refractivity contribution in [2.45, 2.75) is 38.6 Å². The van der Waals surface area contributed by atoms with E-state index in [1.807, 2.05) is 13.8 Å². The smallest absolute Gasteiger partial charge is 0.163 e. The highest BCUT2D eigenvalue weighted by Gasteiger charge is 2.32. The predicted octanol–water partition coefficient (Wildman–Crippen LogP) is 1.15. The Labute approximate surface area is 97.6 Å². The van der Waals surface area contributed by atoms with E-state index in [0.29, 0.717) is 12.5 Å². The summed E-state index contributed by atoms with van der Waals surface area (Å²) < 4.78 is 16.7. The van der Waals surface area contributed by atoms with Gasteiger partial charge in [0.2, 0.25) is 0 Å². The first-order valence-corrected chi connectivity index (χ1v) is 6.26. The average molecular weight is 229 g/mol. The summed E-state index contributed by atoms with van der Waals surface area (Å²) in [6.45, 7) is 8.36. The van der Waals surface area contributed by atoms with Gasteiger partial charge < -0.3 is 19.5 Å². The summed E-state index contributed by atoms with van der Waals surface area (Å²) in [5.41, 5.74) is 0. The van der Waals surface area contributed by atoms with E-state index in [9.17, 15) is 0 Å². The average Bonchev–Trinajstić information content (AvgIpc) is 2.60. The molecule has 2 rings (SSSR count). The maximum atomic E-state index is 5.72. The zero-order chi connectivity index (χ0) is 11.4. The summed E-state index contributed by atoms with van der Waals surface area (Å²) in [5.74, 6) is 0.268. The molecule has 2 aliphatic heterocycles. The van der Waals surface area contributed by atoms with E-state index in [0.717, 1.165) is 26.3 Å². The van der Waals surface area contributed by atoms with Gasteiger partial charge in [-0.2, -0.15) is 0 Å². The highest BCUT2D eigenvalue weighted by atomic mass is 16.7. The Balaban J connectivity index is 1.58. The van der Waals surface area contributed by atoms with Gasteiger partial charge in [-0.1, -0.05) is 0 Å². The van der Waals surface area contributed by atoms with E-state index < -0.39 is 5.79 Å². The van der Waals surface area contributed by atoms with E-state index >= 15 is 0 Å². The molecule has 0 aromatic carbocycles. The molecule has 2 aliphatic rings. The highest BCUT2D eigenvalue weighted by Crippen LogP contribution is 2.21. The topological polar surface area (TPSA) is 39.7 Å². The third-order valence-electron chi connectivity index (χ3n) is 3.13. The van der Waals surface area contributed by atoms with E-state index in [-0.39, 0.29) is 6.10 Å². The summed E-state index contributed by atoms with van der Waals surface area (Å²) in [6, 6.07) is 0. The molecule has 0 radical (unpaired) electrons. The van der Waals surface area contributed by atoms with Crippen LogP contribution in [0.15, 0.2) is 0 Å². The molecule has 2 atom stereocenters. The first-order valence-electron chi connectivity index (χ1n) is 6.26. The van der Waals surface area contributed by atoms with Crippen molar-refractivity contribution >= 4 is 0 Å². The summed E-state index contributed by atoms with van der Waals surface area (Å²) in [7, 11) is 0. The first kappa shape index (κ1) is 12.3. The standard InChI is InChI=1S/C12H23NO3/c1-12(2)15-9-11(16-12)7-13-6-10-4-3-5-14-8-10/h10-11,13H,3-9H2,1-2H3. The van der Waals surface area contributed by atoms with Crippen molar-refractivity contribution in [3.05, 3.63) is 0 Å². The minimum atomic E-state index is -0.402. The van der Waals surface area contributed by atoms with Crippen LogP contribution in [0.5, 0.6) is 0 Å². The molecule has 2 fully saturated rings. The maximum Gasteiger partial charge on any atom is 0.163 e. The largest absolute Gasteiger partial charge is 0.381 e. The first-order chi connectivity index (χ1) is 7.66. The zero-order valence-electron chi connectivity index (χ0n) is 10.3. The second kappa shape index (κ2) is 5.45. The van der Waals surface area contributed by atoms with Crippen LogP contribution in [0, 0.1) is 5.92 Å². The van der Waals surface area contributed by atoms with Crippen LogP contribution in [0.2, 0.25) is 0 Å². The molecule has 16 heavy (non-hydrogen) atoms. The second-order valence-corrected chi connectivity index (χ2v) is 5.19. The van der Waals surface area contributed by atoms with Gasteiger partial charge in [-0.15, -0.1) is 0 Å². The summed E-state index contributed by atoms with van der Waals surface area (Å²) in [6.07, 6.45) is 2.67. The van der Waals surface area contributed by atoms with Gasteiger partial charge in [0.15, 0.2) is 5.79 Å². The van der Waals surface area contributed by atoms with Crippen molar-refractivity contribution < 1.29 is 14.2 Å². The molecule has 0 amide bonds. The number of nitrogens with one attached hydrogen (secondary N) is 1. The lowest BCUT2D eigenvalue weighted by Gasteiger charge is -2.23. The van der Waals surface area contributed by atoms with Gasteiger partial charge in [-0.05, 0) is 32.6 Å². The Bertz CT molecular complexity index is 214. The monoisotopic (exact) mass is 229 g/mol. The van der Waals surface area contributed by atoms with Gasteiger partial charge in [0.1, 0.15) is 0 Å². The SMILES string of the molecule is CC1(C)OCC(CNCC2CCCOC2)O1. The van der Waals surface area contributed by atoms with Gasteiger partial charge in [0.05, 0.1) is 19.3 Å². The molecule has 0 aromatic rings. The molecule has 2 saturated heterocycles. The summed E-state index contributed by atoms with van der Waals surface area (Å²) in [4.78, 5) is 0. The van der Waals surface area contributed by atoms with Gasteiger partial charge in [0, 0.05) is 19.7 Å². The van der Waals surface area contributed by atoms with Crippen molar-refractivity contribution in [1.29, 1.82) is 0 Å². The molecule has 0 spiro atoms. The van der Waals surface area contributed by atoms with Crippen LogP contribution in [0.4, 0.5) is 0 Å². The van der Waals surface area contributed by atoms with E-state index in [4.69, 9.17) is 14.2 Å². The molecule has 0 bridgehead atoms. The molecular weight excluding hydrogens is 206 g/mol. The molecular formula is C12H23NO3. The molecule has 0 saturated carbocycles. The van der Waals surface area contributed by atoms with Crippen LogP contribution in [-0.4, -0.2) is 44.8 Å². The minimum Gasteiger partial charge on any atom is -0.381 e. The molecule has 2 heterocycles. The quantitative estimate of drug-likeness (QED) is 0.785. The predicted molar refractivity (Wildman–Crippen MR) is 61.3 cm³/mol. The molecule has 2 unspecified atom stereocenters. The summed E-state index contributed by atoms with van der Waals surface area (Å²) >= 11 is 0. The maximum absolute atomic E-state index is 5.72. The fourth-order valence-electron chi connectivity index (χ4n) is 2.28. The molecule has 0 aromatic heterocycles. The lowest BCUT2D eigenvalue weighted by molar-refractivity contribution is -0.137. The van der Waals surface area contributed by atoms with Crippen LogP contribution in [-0.2, 0) is 14.2 Å². The van der Waals surface area contributed by atoms with Gasteiger partial charge in [-0.3, -0.25) is 0 Å². The second-order valence-electron chi connectivity index (χ2n) is 5.19. The Morgan fingerprint density at radius 3 is 2.75 bits per heavy atom.